The van der Waals surface area contributed by atoms with E-state index >= 15 is 0 Å². The third kappa shape index (κ3) is 7.30. The van der Waals surface area contributed by atoms with Gasteiger partial charge in [0.1, 0.15) is 17.1 Å². The number of nitro benzene ring substituents is 1. The van der Waals surface area contributed by atoms with Gasteiger partial charge in [0.25, 0.3) is 19.7 Å². The monoisotopic (exact) mass is 516 g/mol. The summed E-state index contributed by atoms with van der Waals surface area (Å²) in [5, 5.41) is 29.7. The van der Waals surface area contributed by atoms with Crippen LogP contribution in [0.1, 0.15) is 29.3 Å². The third-order valence-corrected chi connectivity index (χ3v) is 8.54. The van der Waals surface area contributed by atoms with E-state index in [1.165, 1.54) is 43.3 Å². The van der Waals surface area contributed by atoms with Crippen molar-refractivity contribution in [3.8, 4) is 24.2 Å². The lowest BCUT2D eigenvalue weighted by molar-refractivity contribution is -0.385. The van der Waals surface area contributed by atoms with Gasteiger partial charge >= 0.3 is 5.97 Å². The van der Waals surface area contributed by atoms with Crippen molar-refractivity contribution < 1.29 is 32.8 Å². The van der Waals surface area contributed by atoms with E-state index in [0.717, 1.165) is 6.07 Å². The van der Waals surface area contributed by atoms with Gasteiger partial charge in [-0.15, -0.1) is 6.42 Å². The first-order valence-corrected chi connectivity index (χ1v) is 12.8. The molecule has 35 heavy (non-hydrogen) atoms. The van der Waals surface area contributed by atoms with Crippen molar-refractivity contribution in [1.29, 1.82) is 5.26 Å². The Hall–Kier alpha value is -3.87. The van der Waals surface area contributed by atoms with Crippen LogP contribution >= 0.6 is 10.8 Å². The number of terminal acetylenes is 1. The second kappa shape index (κ2) is 11.5. The van der Waals surface area contributed by atoms with Crippen molar-refractivity contribution in [2.45, 2.75) is 24.5 Å². The number of carbonyl (C=O) groups is 2. The minimum Gasteiger partial charge on any atom is -0.481 e. The first-order valence-electron chi connectivity index (χ1n) is 9.95. The summed E-state index contributed by atoms with van der Waals surface area (Å²) in [7, 11) is -4.50. The Labute approximate surface area is 205 Å². The van der Waals surface area contributed by atoms with Crippen LogP contribution in [0.5, 0.6) is 5.75 Å². The van der Waals surface area contributed by atoms with Gasteiger partial charge in [-0.25, -0.2) is 8.42 Å². The molecule has 2 aromatic carbocycles. The molecule has 2 aromatic rings. The molecular weight excluding hydrogens is 496 g/mol. The summed E-state index contributed by atoms with van der Waals surface area (Å²) >= 11 is 0. The molecule has 0 heterocycles. The number of aliphatic carboxylic acids is 1. The average Bonchev–Trinajstić information content (AvgIpc) is 2.81. The largest absolute Gasteiger partial charge is 0.481 e. The summed E-state index contributed by atoms with van der Waals surface area (Å²) < 4.78 is 28.8. The van der Waals surface area contributed by atoms with Gasteiger partial charge in [0, 0.05) is 17.2 Å². The van der Waals surface area contributed by atoms with Gasteiger partial charge in [-0.2, -0.15) is 5.26 Å². The van der Waals surface area contributed by atoms with Crippen LogP contribution in [0.2, 0.25) is 0 Å². The highest BCUT2D eigenvalue weighted by atomic mass is 33.1. The van der Waals surface area contributed by atoms with Crippen molar-refractivity contribution >= 4 is 36.4 Å². The normalized spacial score (nSPS) is 13.5. The standard InChI is InChI=1S/C23H20N2O8S2/c1-3-11-33-19-9-10-20(25(29)30)17(13-19)12-18(21(26)27)14-23(2,15-24)34-35(31,32)22(28)16-7-5-4-6-8-16/h1,4-10,13,18H,11-12,14H2,2H3,(H,26,27). The number of carbonyl (C=O) groups excluding carboxylic acids is 1. The number of nitro groups is 1. The molecular formula is C23H20N2O8S2. The molecule has 2 atom stereocenters. The summed E-state index contributed by atoms with van der Waals surface area (Å²) in [6, 6.07) is 12.7. The highest BCUT2D eigenvalue weighted by Gasteiger charge is 2.40. The molecule has 2 unspecified atom stereocenters. The van der Waals surface area contributed by atoms with Crippen molar-refractivity contribution in [2.75, 3.05) is 6.61 Å². The lowest BCUT2D eigenvalue weighted by atomic mass is 9.89. The van der Waals surface area contributed by atoms with E-state index < -0.39 is 48.4 Å². The predicted molar refractivity (Wildman–Crippen MR) is 128 cm³/mol. The maximum absolute atomic E-state index is 12.7. The van der Waals surface area contributed by atoms with Crippen LogP contribution in [-0.2, 0) is 20.1 Å². The Bertz CT molecular complexity index is 1310. The quantitative estimate of drug-likeness (QED) is 0.202. The molecule has 0 aliphatic heterocycles. The van der Waals surface area contributed by atoms with Gasteiger partial charge in [-0.05, 0) is 42.7 Å². The number of hydrogen-bond donors (Lipinski definition) is 1. The minimum atomic E-state index is -4.55. The molecule has 10 nitrogen and oxygen atoms in total. The first kappa shape index (κ1) is 27.4. The zero-order valence-electron chi connectivity index (χ0n) is 18.4. The Morgan fingerprint density at radius 1 is 1.29 bits per heavy atom. The van der Waals surface area contributed by atoms with Crippen molar-refractivity contribution in [3.63, 3.8) is 0 Å². The van der Waals surface area contributed by atoms with E-state index in [1.54, 1.807) is 12.1 Å². The zero-order chi connectivity index (χ0) is 26.2. The fourth-order valence-electron chi connectivity index (χ4n) is 3.20. The van der Waals surface area contributed by atoms with Crippen LogP contribution in [0.3, 0.4) is 0 Å². The minimum absolute atomic E-state index is 0.00503. The van der Waals surface area contributed by atoms with E-state index in [1.807, 2.05) is 0 Å². The lowest BCUT2D eigenvalue weighted by Gasteiger charge is -2.24. The zero-order valence-corrected chi connectivity index (χ0v) is 20.0. The van der Waals surface area contributed by atoms with Gasteiger partial charge in [0.15, 0.2) is 0 Å². The Morgan fingerprint density at radius 2 is 1.94 bits per heavy atom. The summed E-state index contributed by atoms with van der Waals surface area (Å²) in [6.07, 6.45) is 4.22. The maximum atomic E-state index is 12.7. The molecule has 0 amide bonds. The smallest absolute Gasteiger partial charge is 0.306 e. The van der Waals surface area contributed by atoms with Gasteiger partial charge in [-0.3, -0.25) is 19.7 Å². The molecule has 0 aromatic heterocycles. The van der Waals surface area contributed by atoms with Gasteiger partial charge in [-0.1, -0.05) is 36.3 Å². The number of benzene rings is 2. The molecule has 0 saturated heterocycles. The maximum Gasteiger partial charge on any atom is 0.306 e. The molecule has 0 saturated carbocycles. The molecule has 0 aliphatic rings. The fraction of sp³-hybridized carbons (Fsp3) is 0.261. The highest BCUT2D eigenvalue weighted by Crippen LogP contribution is 2.39. The van der Waals surface area contributed by atoms with E-state index in [-0.39, 0.29) is 40.0 Å². The Morgan fingerprint density at radius 3 is 2.49 bits per heavy atom. The third-order valence-electron chi connectivity index (χ3n) is 4.79. The average molecular weight is 517 g/mol. The molecule has 0 aliphatic carbocycles. The number of hydrogen-bond acceptors (Lipinski definition) is 9. The highest BCUT2D eigenvalue weighted by molar-refractivity contribution is 8.77. The van der Waals surface area contributed by atoms with Crippen LogP contribution in [-0.4, -0.2) is 40.9 Å². The fourth-order valence-corrected chi connectivity index (χ4v) is 6.77. The molecule has 0 bridgehead atoms. The summed E-state index contributed by atoms with van der Waals surface area (Å²) in [5.74, 6) is -0.371. The molecule has 2 rings (SSSR count). The molecule has 182 valence electrons. The van der Waals surface area contributed by atoms with Gasteiger partial charge in [0.05, 0.1) is 16.9 Å². The van der Waals surface area contributed by atoms with Crippen LogP contribution < -0.4 is 4.74 Å². The lowest BCUT2D eigenvalue weighted by Crippen LogP contribution is -2.30. The number of nitrogens with zero attached hydrogens (tertiary/aromatic N) is 2. The number of nitriles is 1. The van der Waals surface area contributed by atoms with E-state index in [4.69, 9.17) is 11.2 Å². The summed E-state index contributed by atoms with van der Waals surface area (Å²) in [6.45, 7) is 1.08. The van der Waals surface area contributed by atoms with Crippen molar-refractivity contribution in [3.05, 3.63) is 69.8 Å². The topological polar surface area (TPSA) is 165 Å². The van der Waals surface area contributed by atoms with E-state index in [9.17, 15) is 38.5 Å². The number of rotatable bonds is 11. The molecule has 1 N–H and O–H groups in total. The summed E-state index contributed by atoms with van der Waals surface area (Å²) in [5.41, 5.74) is -0.470. The van der Waals surface area contributed by atoms with Gasteiger partial charge < -0.3 is 9.84 Å². The predicted octanol–water partition coefficient (Wildman–Crippen LogP) is 3.43. The van der Waals surface area contributed by atoms with E-state index in [2.05, 4.69) is 5.92 Å². The Kier molecular flexibility index (Phi) is 9.00. The molecule has 0 spiro atoms. The SMILES string of the molecule is C#CCOc1ccc([N+](=O)[O-])c(CC(CC(C)(C#N)SS(=O)(=O)C(=O)c2ccccc2)C(=O)O)c1. The molecule has 0 radical (unpaired) electrons. The van der Waals surface area contributed by atoms with Crippen LogP contribution in [0.4, 0.5) is 5.69 Å². The number of ether oxygens (including phenoxy) is 1. The van der Waals surface area contributed by atoms with Crippen molar-refractivity contribution in [2.24, 2.45) is 5.92 Å². The first-order chi connectivity index (χ1) is 16.4. The molecule has 0 fully saturated rings. The number of carboxylic acids is 1. The van der Waals surface area contributed by atoms with Crippen LogP contribution in [0.25, 0.3) is 0 Å². The Balaban J connectivity index is 2.34. The molecule has 12 heteroatoms. The van der Waals surface area contributed by atoms with Gasteiger partial charge in [0.2, 0.25) is 0 Å². The second-order valence-electron chi connectivity index (χ2n) is 7.52. The van der Waals surface area contributed by atoms with E-state index in [0.29, 0.717) is 0 Å². The van der Waals surface area contributed by atoms with Crippen molar-refractivity contribution in [1.82, 2.24) is 0 Å². The second-order valence-corrected chi connectivity index (χ2v) is 11.7. The summed E-state index contributed by atoms with van der Waals surface area (Å²) in [4.78, 5) is 35.2. The van der Waals surface area contributed by atoms with Crippen LogP contribution in [0.15, 0.2) is 48.5 Å². The van der Waals surface area contributed by atoms with Crippen LogP contribution in [0, 0.1) is 39.7 Å². The number of carboxylic acid groups (broad SMARTS) is 1.